The Morgan fingerprint density at radius 2 is 2.03 bits per heavy atom. The number of carboxylic acid groups (broad SMARTS) is 1. The molecule has 180 valence electrons. The van der Waals surface area contributed by atoms with Gasteiger partial charge in [-0.2, -0.15) is 4.98 Å². The molecule has 0 spiro atoms. The number of carbonyl (C=O) groups is 1. The van der Waals surface area contributed by atoms with Crippen LogP contribution in [0.4, 0.5) is 5.82 Å². The highest BCUT2D eigenvalue weighted by Gasteiger charge is 2.22. The molecule has 4 heterocycles. The number of benzene rings is 1. The molecule has 1 atom stereocenters. The molecule has 5 rings (SSSR count). The maximum Gasteiger partial charge on any atom is 0.304 e. The van der Waals surface area contributed by atoms with Crippen molar-refractivity contribution in [2.45, 2.75) is 50.9 Å². The summed E-state index contributed by atoms with van der Waals surface area (Å²) in [5, 5.41) is 17.8. The predicted octanol–water partition coefficient (Wildman–Crippen LogP) is 4.92. The smallest absolute Gasteiger partial charge is 0.304 e. The van der Waals surface area contributed by atoms with Crippen LogP contribution in [0.3, 0.4) is 0 Å². The van der Waals surface area contributed by atoms with E-state index >= 15 is 0 Å². The summed E-state index contributed by atoms with van der Waals surface area (Å²) in [6, 6.07) is 14.1. The van der Waals surface area contributed by atoms with Gasteiger partial charge < -0.3 is 14.9 Å². The molecule has 1 unspecified atom stereocenters. The zero-order valence-electron chi connectivity index (χ0n) is 19.3. The molecule has 3 aromatic heterocycles. The minimum absolute atomic E-state index is 0.0217. The van der Waals surface area contributed by atoms with E-state index in [1.165, 1.54) is 16.9 Å². The Bertz CT molecular complexity index is 1290. The molecule has 0 saturated heterocycles. The second-order valence-corrected chi connectivity index (χ2v) is 9.79. The first-order valence-electron chi connectivity index (χ1n) is 11.9. The number of carboxylic acids is 1. The van der Waals surface area contributed by atoms with E-state index in [-0.39, 0.29) is 12.3 Å². The van der Waals surface area contributed by atoms with Crippen molar-refractivity contribution in [2.24, 2.45) is 0 Å². The number of aliphatic carboxylic acids is 1. The summed E-state index contributed by atoms with van der Waals surface area (Å²) in [7, 11) is 0. The molecule has 0 amide bonds. The number of aryl methyl sites for hydroxylation is 3. The molecule has 35 heavy (non-hydrogen) atoms. The van der Waals surface area contributed by atoms with Gasteiger partial charge in [0.15, 0.2) is 5.82 Å². The number of aromatic nitrogens is 4. The fourth-order valence-electron chi connectivity index (χ4n) is 4.29. The van der Waals surface area contributed by atoms with Gasteiger partial charge in [-0.15, -0.1) is 11.3 Å². The first kappa shape index (κ1) is 23.2. The first-order valence-corrected chi connectivity index (χ1v) is 12.7. The van der Waals surface area contributed by atoms with Gasteiger partial charge in [0, 0.05) is 47.6 Å². The summed E-state index contributed by atoms with van der Waals surface area (Å²) in [4.78, 5) is 26.2. The molecule has 9 heteroatoms. The number of anilines is 1. The molecule has 1 aliphatic rings. The average Bonchev–Trinajstić information content (AvgIpc) is 3.54. The van der Waals surface area contributed by atoms with Crippen molar-refractivity contribution in [3.05, 3.63) is 76.5 Å². The summed E-state index contributed by atoms with van der Waals surface area (Å²) < 4.78 is 5.47. The van der Waals surface area contributed by atoms with Crippen LogP contribution in [-0.2, 0) is 30.5 Å². The Balaban J connectivity index is 1.20. The predicted molar refractivity (Wildman–Crippen MR) is 134 cm³/mol. The number of hydrogen-bond acceptors (Lipinski definition) is 8. The van der Waals surface area contributed by atoms with Gasteiger partial charge in [0.25, 0.3) is 0 Å². The highest BCUT2D eigenvalue weighted by Crippen LogP contribution is 2.33. The first-order chi connectivity index (χ1) is 17.1. The third-order valence-corrected chi connectivity index (χ3v) is 7.29. The lowest BCUT2D eigenvalue weighted by Gasteiger charge is -2.17. The normalized spacial score (nSPS) is 13.7. The summed E-state index contributed by atoms with van der Waals surface area (Å²) in [6.07, 6.45) is 6.72. The Morgan fingerprint density at radius 1 is 1.14 bits per heavy atom. The van der Waals surface area contributed by atoms with Crippen molar-refractivity contribution >= 4 is 23.1 Å². The third-order valence-electron chi connectivity index (χ3n) is 6.08. The van der Waals surface area contributed by atoms with Crippen LogP contribution >= 0.6 is 11.3 Å². The molecule has 4 aromatic rings. The number of nitrogens with one attached hydrogen (secondary N) is 1. The van der Waals surface area contributed by atoms with Crippen LogP contribution in [0, 0.1) is 0 Å². The molecule has 0 radical (unpaired) electrons. The number of rotatable bonds is 10. The molecule has 0 fully saturated rings. The number of nitrogens with zero attached hydrogens (tertiary/aromatic N) is 4. The van der Waals surface area contributed by atoms with Gasteiger partial charge in [0.05, 0.1) is 6.42 Å². The van der Waals surface area contributed by atoms with Gasteiger partial charge in [0.2, 0.25) is 5.89 Å². The zero-order chi connectivity index (χ0) is 24.0. The Morgan fingerprint density at radius 3 is 2.89 bits per heavy atom. The van der Waals surface area contributed by atoms with Crippen molar-refractivity contribution in [2.75, 3.05) is 11.9 Å². The molecule has 0 saturated carbocycles. The third kappa shape index (κ3) is 5.92. The molecule has 0 aliphatic carbocycles. The van der Waals surface area contributed by atoms with Crippen LogP contribution in [0.15, 0.2) is 53.2 Å². The highest BCUT2D eigenvalue weighted by atomic mass is 32.1. The van der Waals surface area contributed by atoms with E-state index in [2.05, 4.69) is 32.6 Å². The van der Waals surface area contributed by atoms with Crippen molar-refractivity contribution in [3.8, 4) is 10.6 Å². The fraction of sp³-hybridized carbons (Fsp3) is 0.346. The van der Waals surface area contributed by atoms with E-state index in [0.29, 0.717) is 24.6 Å². The number of pyridine rings is 1. The van der Waals surface area contributed by atoms with E-state index in [0.717, 1.165) is 59.2 Å². The lowest BCUT2D eigenvalue weighted by molar-refractivity contribution is -0.137. The van der Waals surface area contributed by atoms with Crippen molar-refractivity contribution < 1.29 is 14.4 Å². The monoisotopic (exact) mass is 489 g/mol. The SMILES string of the molecule is O=C(O)CC(Cc1nc(CCCc2ccc3c(n2)NCCC3)no1)c1cnc(-c2ccccc2)s1. The lowest BCUT2D eigenvalue weighted by atomic mass is 10.0. The lowest BCUT2D eigenvalue weighted by Crippen LogP contribution is -2.14. The van der Waals surface area contributed by atoms with Crippen molar-refractivity contribution in [3.63, 3.8) is 0 Å². The second-order valence-electron chi connectivity index (χ2n) is 8.73. The van der Waals surface area contributed by atoms with Crippen LogP contribution in [0.2, 0.25) is 0 Å². The van der Waals surface area contributed by atoms with Gasteiger partial charge in [-0.05, 0) is 37.3 Å². The minimum Gasteiger partial charge on any atom is -0.481 e. The van der Waals surface area contributed by atoms with E-state index in [4.69, 9.17) is 9.51 Å². The van der Waals surface area contributed by atoms with Gasteiger partial charge >= 0.3 is 5.97 Å². The fourth-order valence-corrected chi connectivity index (χ4v) is 5.32. The number of fused-ring (bicyclic) bond motifs is 1. The van der Waals surface area contributed by atoms with Crippen LogP contribution in [0.1, 0.15) is 53.0 Å². The molecular formula is C26H27N5O3S. The quantitative estimate of drug-likeness (QED) is 0.323. The molecule has 1 aliphatic heterocycles. The Kier molecular flexibility index (Phi) is 7.13. The standard InChI is InChI=1S/C26H27N5O3S/c32-24(33)15-19(21-16-28-26(35-21)18-6-2-1-3-7-18)14-23-30-22(31-34-23)10-4-9-20-12-11-17-8-5-13-27-25(17)29-20/h1-3,6-7,11-12,16,19H,4-5,8-10,13-15H2,(H,27,29)(H,32,33). The second kappa shape index (κ2) is 10.8. The van der Waals surface area contributed by atoms with E-state index < -0.39 is 5.97 Å². The van der Waals surface area contributed by atoms with Gasteiger partial charge in [-0.1, -0.05) is 41.6 Å². The summed E-state index contributed by atoms with van der Waals surface area (Å²) in [5.74, 6) is 0.967. The number of hydrogen-bond donors (Lipinski definition) is 2. The zero-order valence-corrected chi connectivity index (χ0v) is 20.1. The average molecular weight is 490 g/mol. The molecule has 0 bridgehead atoms. The van der Waals surface area contributed by atoms with Crippen LogP contribution in [0.5, 0.6) is 0 Å². The highest BCUT2D eigenvalue weighted by molar-refractivity contribution is 7.15. The topological polar surface area (TPSA) is 114 Å². The van der Waals surface area contributed by atoms with E-state index in [1.807, 2.05) is 30.3 Å². The van der Waals surface area contributed by atoms with Gasteiger partial charge in [-0.25, -0.2) is 9.97 Å². The van der Waals surface area contributed by atoms with Gasteiger partial charge in [0.1, 0.15) is 10.8 Å². The summed E-state index contributed by atoms with van der Waals surface area (Å²) in [5.41, 5.74) is 3.36. The molecular weight excluding hydrogens is 462 g/mol. The van der Waals surface area contributed by atoms with Crippen LogP contribution < -0.4 is 5.32 Å². The molecule has 1 aromatic carbocycles. The largest absolute Gasteiger partial charge is 0.481 e. The Labute approximate surface area is 207 Å². The maximum absolute atomic E-state index is 11.5. The molecule has 2 N–H and O–H groups in total. The van der Waals surface area contributed by atoms with Crippen molar-refractivity contribution in [1.82, 2.24) is 20.1 Å². The summed E-state index contributed by atoms with van der Waals surface area (Å²) >= 11 is 1.51. The maximum atomic E-state index is 11.5. The summed E-state index contributed by atoms with van der Waals surface area (Å²) in [6.45, 7) is 0.979. The molecule has 8 nitrogen and oxygen atoms in total. The van der Waals surface area contributed by atoms with E-state index in [1.54, 1.807) is 6.20 Å². The Hall–Kier alpha value is -3.59. The van der Waals surface area contributed by atoms with E-state index in [9.17, 15) is 9.90 Å². The minimum atomic E-state index is -0.864. The van der Waals surface area contributed by atoms with Crippen LogP contribution in [0.25, 0.3) is 10.6 Å². The van der Waals surface area contributed by atoms with Gasteiger partial charge in [-0.3, -0.25) is 4.79 Å². The van der Waals surface area contributed by atoms with Crippen molar-refractivity contribution in [1.29, 1.82) is 0 Å². The number of thiazole rings is 1. The van der Waals surface area contributed by atoms with Crippen LogP contribution in [-0.4, -0.2) is 37.7 Å².